The second kappa shape index (κ2) is 9.10. The third-order valence-electron chi connectivity index (χ3n) is 4.34. The molecule has 1 heterocycles. The molecule has 0 bridgehead atoms. The minimum atomic E-state index is -0.722. The van der Waals surface area contributed by atoms with Crippen LogP contribution in [0.5, 0.6) is 0 Å². The molecule has 28 heavy (non-hydrogen) atoms. The molecule has 0 saturated carbocycles. The lowest BCUT2D eigenvalue weighted by molar-refractivity contribution is -0.121. The Morgan fingerprint density at radius 1 is 1.18 bits per heavy atom. The molecule has 0 aliphatic rings. The lowest BCUT2D eigenvalue weighted by atomic mass is 10.0. The van der Waals surface area contributed by atoms with Crippen molar-refractivity contribution in [3.05, 3.63) is 76.2 Å². The number of hydrogen-bond acceptors (Lipinski definition) is 3. The molecule has 0 fully saturated rings. The standard InChI is InChI=1S/C21H19BrF2N2O2/c1-2-17(13-6-8-14(22)9-7-13)26-19(27)10-11-20-25-12-18(28-20)21-15(23)4-3-5-16(21)24/h3-9,12,17H,2,10-11H2,1H3,(H,26,27)/t17-/m0/s1. The summed E-state index contributed by atoms with van der Waals surface area (Å²) in [5.74, 6) is -1.33. The number of halogens is 3. The molecule has 0 spiro atoms. The van der Waals surface area contributed by atoms with Crippen LogP contribution in [-0.2, 0) is 11.2 Å². The Morgan fingerprint density at radius 3 is 2.50 bits per heavy atom. The fraction of sp³-hybridized carbons (Fsp3) is 0.238. The molecule has 0 unspecified atom stereocenters. The number of aromatic nitrogens is 1. The van der Waals surface area contributed by atoms with Gasteiger partial charge < -0.3 is 9.73 Å². The fourth-order valence-electron chi connectivity index (χ4n) is 2.88. The van der Waals surface area contributed by atoms with E-state index in [4.69, 9.17) is 4.42 Å². The predicted octanol–water partition coefficient (Wildman–Crippen LogP) is 5.58. The quantitative estimate of drug-likeness (QED) is 0.512. The van der Waals surface area contributed by atoms with Crippen LogP contribution in [0.1, 0.15) is 37.3 Å². The van der Waals surface area contributed by atoms with Gasteiger partial charge in [0, 0.05) is 17.3 Å². The number of carbonyl (C=O) groups excluding carboxylic acids is 1. The number of benzene rings is 2. The molecule has 1 N–H and O–H groups in total. The summed E-state index contributed by atoms with van der Waals surface area (Å²) < 4.78 is 34.1. The molecule has 2 aromatic carbocycles. The number of nitrogens with one attached hydrogen (secondary N) is 1. The summed E-state index contributed by atoms with van der Waals surface area (Å²) >= 11 is 3.39. The van der Waals surface area contributed by atoms with E-state index >= 15 is 0 Å². The molecule has 146 valence electrons. The molecule has 0 aliphatic carbocycles. The Balaban J connectivity index is 1.60. The van der Waals surface area contributed by atoms with Gasteiger partial charge in [-0.05, 0) is 36.2 Å². The van der Waals surface area contributed by atoms with E-state index in [0.717, 1.165) is 28.6 Å². The molecule has 7 heteroatoms. The van der Waals surface area contributed by atoms with Gasteiger partial charge in [-0.3, -0.25) is 4.79 Å². The van der Waals surface area contributed by atoms with E-state index in [2.05, 4.69) is 26.2 Å². The first-order chi connectivity index (χ1) is 13.5. The van der Waals surface area contributed by atoms with Crippen LogP contribution in [0.3, 0.4) is 0 Å². The minimum absolute atomic E-state index is 0.00676. The molecule has 0 aliphatic heterocycles. The van der Waals surface area contributed by atoms with Crippen molar-refractivity contribution < 1.29 is 18.0 Å². The molecular formula is C21H19BrF2N2O2. The van der Waals surface area contributed by atoms with E-state index in [1.807, 2.05) is 31.2 Å². The van der Waals surface area contributed by atoms with Gasteiger partial charge in [0.25, 0.3) is 0 Å². The molecule has 0 radical (unpaired) electrons. The number of aryl methyl sites for hydroxylation is 1. The van der Waals surface area contributed by atoms with E-state index in [9.17, 15) is 13.6 Å². The first-order valence-corrected chi connectivity index (χ1v) is 9.71. The lowest BCUT2D eigenvalue weighted by Crippen LogP contribution is -2.28. The van der Waals surface area contributed by atoms with Gasteiger partial charge >= 0.3 is 0 Å². The zero-order valence-corrected chi connectivity index (χ0v) is 16.8. The van der Waals surface area contributed by atoms with Crippen molar-refractivity contribution >= 4 is 21.8 Å². The predicted molar refractivity (Wildman–Crippen MR) is 105 cm³/mol. The second-order valence-electron chi connectivity index (χ2n) is 6.29. The van der Waals surface area contributed by atoms with Crippen LogP contribution in [0.25, 0.3) is 11.3 Å². The van der Waals surface area contributed by atoms with E-state index in [1.54, 1.807) is 0 Å². The highest BCUT2D eigenvalue weighted by molar-refractivity contribution is 9.10. The number of amides is 1. The van der Waals surface area contributed by atoms with Crippen molar-refractivity contribution in [2.75, 3.05) is 0 Å². The third-order valence-corrected chi connectivity index (χ3v) is 4.87. The van der Waals surface area contributed by atoms with E-state index in [-0.39, 0.29) is 42.0 Å². The number of nitrogens with zero attached hydrogens (tertiary/aromatic N) is 1. The van der Waals surface area contributed by atoms with Crippen molar-refractivity contribution in [1.29, 1.82) is 0 Å². The normalized spacial score (nSPS) is 12.0. The molecule has 3 rings (SSSR count). The van der Waals surface area contributed by atoms with Gasteiger partial charge in [-0.2, -0.15) is 0 Å². The summed E-state index contributed by atoms with van der Waals surface area (Å²) in [4.78, 5) is 16.3. The Hall–Kier alpha value is -2.54. The van der Waals surface area contributed by atoms with Crippen LogP contribution < -0.4 is 5.32 Å². The highest BCUT2D eigenvalue weighted by Crippen LogP contribution is 2.27. The van der Waals surface area contributed by atoms with Gasteiger partial charge in [-0.15, -0.1) is 0 Å². The molecule has 1 aromatic heterocycles. The Labute approximate surface area is 170 Å². The number of rotatable bonds is 7. The maximum absolute atomic E-state index is 13.8. The van der Waals surface area contributed by atoms with Gasteiger partial charge in [0.2, 0.25) is 5.91 Å². The van der Waals surface area contributed by atoms with Crippen molar-refractivity contribution in [3.63, 3.8) is 0 Å². The largest absolute Gasteiger partial charge is 0.441 e. The van der Waals surface area contributed by atoms with E-state index in [0.29, 0.717) is 0 Å². The summed E-state index contributed by atoms with van der Waals surface area (Å²) in [6.07, 6.45) is 2.42. The summed E-state index contributed by atoms with van der Waals surface area (Å²) in [7, 11) is 0. The maximum Gasteiger partial charge on any atom is 0.220 e. The highest BCUT2D eigenvalue weighted by Gasteiger charge is 2.17. The van der Waals surface area contributed by atoms with Crippen molar-refractivity contribution in [2.24, 2.45) is 0 Å². The second-order valence-corrected chi connectivity index (χ2v) is 7.21. The number of hydrogen-bond donors (Lipinski definition) is 1. The summed E-state index contributed by atoms with van der Waals surface area (Å²) in [6, 6.07) is 11.3. The number of oxazole rings is 1. The van der Waals surface area contributed by atoms with Crippen LogP contribution >= 0.6 is 15.9 Å². The topological polar surface area (TPSA) is 55.1 Å². The average Bonchev–Trinajstić information content (AvgIpc) is 3.14. The van der Waals surface area contributed by atoms with Gasteiger partial charge in [-0.25, -0.2) is 13.8 Å². The SMILES string of the molecule is CC[C@H](NC(=O)CCc1ncc(-c2c(F)cccc2F)o1)c1ccc(Br)cc1. The highest BCUT2D eigenvalue weighted by atomic mass is 79.9. The van der Waals surface area contributed by atoms with Gasteiger partial charge in [-0.1, -0.05) is 41.1 Å². The number of carbonyl (C=O) groups is 1. The zero-order valence-electron chi connectivity index (χ0n) is 15.2. The van der Waals surface area contributed by atoms with Crippen molar-refractivity contribution in [2.45, 2.75) is 32.2 Å². The van der Waals surface area contributed by atoms with Crippen LogP contribution in [0.4, 0.5) is 8.78 Å². The van der Waals surface area contributed by atoms with Crippen LogP contribution in [0.2, 0.25) is 0 Å². The first-order valence-electron chi connectivity index (χ1n) is 8.91. The first kappa shape index (κ1) is 20.2. The summed E-state index contributed by atoms with van der Waals surface area (Å²) in [6.45, 7) is 2.00. The molecular weight excluding hydrogens is 430 g/mol. The third kappa shape index (κ3) is 4.84. The van der Waals surface area contributed by atoms with Gasteiger partial charge in [0.15, 0.2) is 11.7 Å². The average molecular weight is 449 g/mol. The zero-order chi connectivity index (χ0) is 20.1. The Morgan fingerprint density at radius 2 is 1.86 bits per heavy atom. The smallest absolute Gasteiger partial charge is 0.220 e. The lowest BCUT2D eigenvalue weighted by Gasteiger charge is -2.17. The van der Waals surface area contributed by atoms with Crippen LogP contribution in [0, 0.1) is 11.6 Å². The Kier molecular flexibility index (Phi) is 6.57. The molecule has 0 saturated heterocycles. The minimum Gasteiger partial charge on any atom is -0.441 e. The van der Waals surface area contributed by atoms with Crippen molar-refractivity contribution in [1.82, 2.24) is 10.3 Å². The molecule has 1 amide bonds. The van der Waals surface area contributed by atoms with Crippen molar-refractivity contribution in [3.8, 4) is 11.3 Å². The summed E-state index contributed by atoms with van der Waals surface area (Å²) in [5, 5.41) is 2.99. The van der Waals surface area contributed by atoms with Crippen LogP contribution in [-0.4, -0.2) is 10.9 Å². The van der Waals surface area contributed by atoms with E-state index < -0.39 is 11.6 Å². The maximum atomic E-state index is 13.8. The van der Waals surface area contributed by atoms with Gasteiger partial charge in [0.05, 0.1) is 17.8 Å². The van der Waals surface area contributed by atoms with Crippen LogP contribution in [0.15, 0.2) is 57.6 Å². The molecule has 4 nitrogen and oxygen atoms in total. The molecule has 3 aromatic rings. The van der Waals surface area contributed by atoms with E-state index in [1.165, 1.54) is 12.3 Å². The fourth-order valence-corrected chi connectivity index (χ4v) is 3.14. The van der Waals surface area contributed by atoms with Gasteiger partial charge in [0.1, 0.15) is 11.6 Å². The molecule has 1 atom stereocenters. The summed E-state index contributed by atoms with van der Waals surface area (Å²) in [5.41, 5.74) is 0.763. The monoisotopic (exact) mass is 448 g/mol. The Bertz CT molecular complexity index is 937.